The van der Waals surface area contributed by atoms with Crippen molar-refractivity contribution < 1.29 is 0 Å². The fourth-order valence-corrected chi connectivity index (χ4v) is 12.5. The Morgan fingerprint density at radius 2 is 0.723 bits per heavy atom. The van der Waals surface area contributed by atoms with Gasteiger partial charge in [-0.3, -0.25) is 0 Å². The molecule has 19 heteroatoms. The molecule has 8 aromatic rings. The Balaban J connectivity index is 0.000000138. The third-order valence-corrected chi connectivity index (χ3v) is 15.1. The number of rotatable bonds is 4. The molecule has 0 amide bonds. The molecule has 1 aliphatic heterocycles. The summed E-state index contributed by atoms with van der Waals surface area (Å²) in [5.41, 5.74) is 22.9. The molecule has 0 radical (unpaired) electrons. The Labute approximate surface area is 328 Å². The molecular formula is C28H12Br4N8S7. The highest BCUT2D eigenvalue weighted by Crippen LogP contribution is 2.54. The molecule has 7 heterocycles. The number of fused-ring (bicyclic) bond motifs is 3. The molecule has 0 spiro atoms. The first kappa shape index (κ1) is 32.4. The number of anilines is 2. The van der Waals surface area contributed by atoms with Gasteiger partial charge in [-0.15, -0.1) is 45.3 Å². The molecule has 4 N–H and O–H groups in total. The van der Waals surface area contributed by atoms with E-state index in [0.29, 0.717) is 11.4 Å². The first-order valence-corrected chi connectivity index (χ1v) is 21.7. The molecule has 0 bridgehead atoms. The number of aromatic nitrogens is 4. The largest absolute Gasteiger partial charge is 0.396 e. The number of hydrogen-bond acceptors (Lipinski definition) is 14. The molecule has 2 aromatic carbocycles. The van der Waals surface area contributed by atoms with Crippen molar-refractivity contribution >= 4 is 189 Å². The van der Waals surface area contributed by atoms with Gasteiger partial charge >= 0.3 is 0 Å². The fraction of sp³-hybridized carbons (Fsp3) is 0. The summed E-state index contributed by atoms with van der Waals surface area (Å²) < 4.78 is 31.5. The van der Waals surface area contributed by atoms with Crippen molar-refractivity contribution in [2.45, 2.75) is 0 Å². The second-order valence-electron chi connectivity index (χ2n) is 9.63. The van der Waals surface area contributed by atoms with Crippen molar-refractivity contribution in [1.82, 2.24) is 17.5 Å². The predicted molar refractivity (Wildman–Crippen MR) is 219 cm³/mol. The molecular weight excluding hydrogens is 992 g/mol. The molecule has 0 unspecified atom stereocenters. The first-order valence-electron chi connectivity index (χ1n) is 13.0. The lowest BCUT2D eigenvalue weighted by Crippen LogP contribution is -2.00. The predicted octanol–water partition coefficient (Wildman–Crippen LogP) is 13.2. The maximum absolute atomic E-state index is 6.39. The number of benzene rings is 2. The van der Waals surface area contributed by atoms with Gasteiger partial charge in [0, 0.05) is 41.8 Å². The average molecular weight is 1000 g/mol. The monoisotopic (exact) mass is 1000 g/mol. The van der Waals surface area contributed by atoms with Gasteiger partial charge in [0.25, 0.3) is 0 Å². The average Bonchev–Trinajstić information content (AvgIpc) is 3.88. The van der Waals surface area contributed by atoms with Crippen LogP contribution in [-0.4, -0.2) is 17.5 Å². The van der Waals surface area contributed by atoms with Gasteiger partial charge < -0.3 is 11.5 Å². The second kappa shape index (κ2) is 13.2. The second-order valence-corrected chi connectivity index (χ2v) is 21.1. The summed E-state index contributed by atoms with van der Waals surface area (Å²) in [5, 5.41) is 0. The maximum Gasteiger partial charge on any atom is 0.116 e. The molecule has 6 aromatic heterocycles. The molecule has 0 saturated carbocycles. The number of thiophene rings is 4. The molecule has 9 rings (SSSR count). The number of halogens is 4. The number of hydrogen-bond donors (Lipinski definition) is 2. The van der Waals surface area contributed by atoms with Gasteiger partial charge in [-0.2, -0.15) is 26.2 Å². The Morgan fingerprint density at radius 3 is 1.02 bits per heavy atom. The zero-order chi connectivity index (χ0) is 32.4. The van der Waals surface area contributed by atoms with Crippen molar-refractivity contribution in [1.29, 1.82) is 0 Å². The van der Waals surface area contributed by atoms with Crippen LogP contribution in [0.3, 0.4) is 0 Å². The zero-order valence-corrected chi connectivity index (χ0v) is 34.9. The highest BCUT2D eigenvalue weighted by Gasteiger charge is 2.27. The fourth-order valence-electron chi connectivity index (χ4n) is 5.06. The Hall–Kier alpha value is -1.78. The van der Waals surface area contributed by atoms with Crippen molar-refractivity contribution in [3.8, 4) is 41.8 Å². The number of nitrogen functional groups attached to an aromatic ring is 2. The van der Waals surface area contributed by atoms with Gasteiger partial charge in [0.15, 0.2) is 0 Å². The molecule has 0 atom stereocenters. The standard InChI is InChI=1S/C14H4Br2N4S4.C14H8Br2N4S3/c15-7-3-1-5(21-7)9-11-13(19-23-17-11)10(6-2-4-8(16)22-6)14-12(9)18-24-20-14;15-7-3-1-5(21-7)9-11(17)12(18)10(6-2-4-8(16)22-6)14-13(9)19-23-20-14/h1-4H;1-4H,17-18H2. The van der Waals surface area contributed by atoms with Crippen LogP contribution in [0.2, 0.25) is 0 Å². The Kier molecular flexibility index (Phi) is 9.08. The molecule has 1 aliphatic rings. The first-order chi connectivity index (χ1) is 22.8. The van der Waals surface area contributed by atoms with Crippen LogP contribution in [0, 0.1) is 0 Å². The van der Waals surface area contributed by atoms with E-state index in [1.807, 2.05) is 36.4 Å². The maximum atomic E-state index is 6.39. The van der Waals surface area contributed by atoms with E-state index in [-0.39, 0.29) is 0 Å². The quantitative estimate of drug-likeness (QED) is 0.169. The van der Waals surface area contributed by atoms with Gasteiger partial charge in [0.05, 0.1) is 61.3 Å². The SMILES string of the molecule is Brc1ccc(-c2c3c(c(-c4ccc(Br)s4)c4nsnc24)N=S=N3)s1.Nc1c(N)c(-c2ccc(Br)s2)c2nsnc2c1-c1ccc(Br)s1. The van der Waals surface area contributed by atoms with E-state index in [1.54, 1.807) is 45.3 Å². The van der Waals surface area contributed by atoms with Crippen LogP contribution in [-0.2, 0) is 11.4 Å². The minimum Gasteiger partial charge on any atom is -0.396 e. The van der Waals surface area contributed by atoms with Gasteiger partial charge in [0.1, 0.15) is 33.4 Å². The number of nitrogens with zero attached hydrogens (tertiary/aromatic N) is 6. The van der Waals surface area contributed by atoms with E-state index in [1.165, 1.54) is 34.8 Å². The molecule has 8 nitrogen and oxygen atoms in total. The molecule has 0 saturated heterocycles. The summed E-state index contributed by atoms with van der Waals surface area (Å²) in [5.74, 6) is 0. The smallest absolute Gasteiger partial charge is 0.116 e. The zero-order valence-electron chi connectivity index (χ0n) is 22.8. The lowest BCUT2D eigenvalue weighted by atomic mass is 10.0. The van der Waals surface area contributed by atoms with Crippen LogP contribution in [0.4, 0.5) is 22.7 Å². The van der Waals surface area contributed by atoms with Crippen LogP contribution in [0.25, 0.3) is 63.8 Å². The topological polar surface area (TPSA) is 128 Å². The molecule has 47 heavy (non-hydrogen) atoms. The normalized spacial score (nSPS) is 12.1. The minimum atomic E-state index is 0.555. The van der Waals surface area contributed by atoms with Gasteiger partial charge in [-0.25, -0.2) is 0 Å². The summed E-state index contributed by atoms with van der Waals surface area (Å²) >= 11 is 24.2. The number of nitrogens with two attached hydrogens (primary N) is 2. The van der Waals surface area contributed by atoms with E-state index in [2.05, 4.69) is 102 Å². The Bertz CT molecular complexity index is 2400. The summed E-state index contributed by atoms with van der Waals surface area (Å²) in [7, 11) is 0. The van der Waals surface area contributed by atoms with Crippen molar-refractivity contribution in [3.63, 3.8) is 0 Å². The van der Waals surface area contributed by atoms with Crippen LogP contribution < -0.4 is 11.5 Å². The van der Waals surface area contributed by atoms with E-state index in [9.17, 15) is 0 Å². The van der Waals surface area contributed by atoms with Crippen molar-refractivity contribution in [3.05, 3.63) is 63.7 Å². The summed E-state index contributed by atoms with van der Waals surface area (Å²) in [6.07, 6.45) is 0. The highest BCUT2D eigenvalue weighted by atomic mass is 79.9. The molecule has 234 valence electrons. The van der Waals surface area contributed by atoms with E-state index in [0.717, 1.165) is 90.3 Å². The summed E-state index contributed by atoms with van der Waals surface area (Å²) in [6, 6.07) is 16.3. The highest BCUT2D eigenvalue weighted by molar-refractivity contribution is 9.11. The van der Waals surface area contributed by atoms with Crippen LogP contribution in [0.5, 0.6) is 0 Å². The summed E-state index contributed by atoms with van der Waals surface area (Å²) in [4.78, 5) is 4.29. The van der Waals surface area contributed by atoms with Crippen LogP contribution in [0.1, 0.15) is 0 Å². The van der Waals surface area contributed by atoms with E-state index < -0.39 is 0 Å². The third kappa shape index (κ3) is 5.84. The van der Waals surface area contributed by atoms with Gasteiger partial charge in [-0.05, 0) is 112 Å². The van der Waals surface area contributed by atoms with E-state index >= 15 is 0 Å². The Morgan fingerprint density at radius 1 is 0.426 bits per heavy atom. The lowest BCUT2D eigenvalue weighted by molar-refractivity contribution is 1.54. The third-order valence-electron chi connectivity index (χ3n) is 6.99. The van der Waals surface area contributed by atoms with Crippen molar-refractivity contribution in [2.24, 2.45) is 8.73 Å². The van der Waals surface area contributed by atoms with Crippen LogP contribution in [0.15, 0.2) is 72.4 Å². The summed E-state index contributed by atoms with van der Waals surface area (Å²) in [6.45, 7) is 0. The lowest BCUT2D eigenvalue weighted by Gasteiger charge is -2.12. The van der Waals surface area contributed by atoms with Gasteiger partial charge in [-0.1, -0.05) is 0 Å². The van der Waals surface area contributed by atoms with Crippen molar-refractivity contribution in [2.75, 3.05) is 11.5 Å². The molecule has 0 fully saturated rings. The molecule has 0 aliphatic carbocycles. The minimum absolute atomic E-state index is 0.555. The van der Waals surface area contributed by atoms with Gasteiger partial charge in [0.2, 0.25) is 0 Å². The van der Waals surface area contributed by atoms with Crippen LogP contribution >= 0.6 is 133 Å². The van der Waals surface area contributed by atoms with E-state index in [4.69, 9.17) is 11.5 Å².